The van der Waals surface area contributed by atoms with Gasteiger partial charge >= 0.3 is 0 Å². The smallest absolute Gasteiger partial charge is 0.172 e. The second-order valence-electron chi connectivity index (χ2n) is 4.01. The molecule has 2 aromatic rings. The van der Waals surface area contributed by atoms with E-state index in [0.29, 0.717) is 36.0 Å². The first-order chi connectivity index (χ1) is 9.80. The molecule has 0 saturated carbocycles. The summed E-state index contributed by atoms with van der Waals surface area (Å²) in [7, 11) is 0. The molecule has 0 saturated heterocycles. The molecule has 0 aliphatic rings. The molecule has 6 nitrogen and oxygen atoms in total. The van der Waals surface area contributed by atoms with Gasteiger partial charge < -0.3 is 9.47 Å². The van der Waals surface area contributed by atoms with Crippen LogP contribution in [-0.4, -0.2) is 27.7 Å². The van der Waals surface area contributed by atoms with Crippen LogP contribution in [0.4, 0.5) is 0 Å². The maximum absolute atomic E-state index is 11.1. The second kappa shape index (κ2) is 6.70. The van der Waals surface area contributed by atoms with Crippen molar-refractivity contribution in [3.05, 3.63) is 35.9 Å². The number of aldehydes is 1. The average Bonchev–Trinajstić information content (AvgIpc) is 2.93. The Balaban J connectivity index is 2.21. The lowest BCUT2D eigenvalue weighted by Crippen LogP contribution is -2.09. The first kappa shape index (κ1) is 14.0. The molecule has 0 aliphatic heterocycles. The van der Waals surface area contributed by atoms with Crippen LogP contribution in [0.15, 0.2) is 24.5 Å². The highest BCUT2D eigenvalue weighted by molar-refractivity contribution is 5.81. The fourth-order valence-corrected chi connectivity index (χ4v) is 1.85. The Labute approximate surface area is 117 Å². The number of hydrogen-bond acceptors (Lipinski definition) is 5. The van der Waals surface area contributed by atoms with Crippen LogP contribution in [0.2, 0.25) is 0 Å². The molecule has 0 spiro atoms. The van der Waals surface area contributed by atoms with Crippen LogP contribution in [-0.2, 0) is 13.2 Å². The predicted octanol–water partition coefficient (Wildman–Crippen LogP) is 2.09. The molecule has 1 aromatic carbocycles. The van der Waals surface area contributed by atoms with Gasteiger partial charge in [-0.1, -0.05) is 6.07 Å². The minimum absolute atomic E-state index is 0.235. The largest absolute Gasteiger partial charge is 0.490 e. The van der Waals surface area contributed by atoms with Crippen LogP contribution >= 0.6 is 0 Å². The first-order valence-corrected chi connectivity index (χ1v) is 6.50. The minimum atomic E-state index is 0.235. The maximum atomic E-state index is 11.1. The van der Waals surface area contributed by atoms with Gasteiger partial charge in [0.15, 0.2) is 23.6 Å². The zero-order chi connectivity index (χ0) is 14.4. The number of carbonyl (C=O) groups is 1. The second-order valence-corrected chi connectivity index (χ2v) is 4.01. The maximum Gasteiger partial charge on any atom is 0.172 e. The van der Waals surface area contributed by atoms with Crippen LogP contribution in [0.5, 0.6) is 11.5 Å². The highest BCUT2D eigenvalue weighted by Crippen LogP contribution is 2.30. The van der Waals surface area contributed by atoms with E-state index in [9.17, 15) is 4.79 Å². The number of benzene rings is 1. The Morgan fingerprint density at radius 2 is 2.15 bits per heavy atom. The van der Waals surface area contributed by atoms with E-state index in [-0.39, 0.29) is 6.61 Å². The monoisotopic (exact) mass is 275 g/mol. The van der Waals surface area contributed by atoms with Crippen molar-refractivity contribution in [1.29, 1.82) is 0 Å². The van der Waals surface area contributed by atoms with Gasteiger partial charge in [0, 0.05) is 6.54 Å². The van der Waals surface area contributed by atoms with Gasteiger partial charge in [-0.15, -0.1) is 0 Å². The molecule has 0 aliphatic carbocycles. The van der Waals surface area contributed by atoms with Crippen molar-refractivity contribution >= 4 is 6.29 Å². The SMILES string of the molecule is CCOc1cccc(C=O)c1OCc1ncnn1CC. The lowest BCUT2D eigenvalue weighted by Gasteiger charge is -2.13. The van der Waals surface area contributed by atoms with E-state index in [2.05, 4.69) is 10.1 Å². The Morgan fingerprint density at radius 1 is 1.30 bits per heavy atom. The Hall–Kier alpha value is -2.37. The number of para-hydroxylation sites is 1. The molecule has 0 atom stereocenters. The van der Waals surface area contributed by atoms with Crippen LogP contribution in [0.25, 0.3) is 0 Å². The molecule has 0 radical (unpaired) electrons. The van der Waals surface area contributed by atoms with Crippen molar-refractivity contribution in [3.63, 3.8) is 0 Å². The Morgan fingerprint density at radius 3 is 2.85 bits per heavy atom. The molecule has 0 bridgehead atoms. The summed E-state index contributed by atoms with van der Waals surface area (Å²) in [6, 6.07) is 5.22. The molecule has 0 fully saturated rings. The first-order valence-electron chi connectivity index (χ1n) is 6.50. The van der Waals surface area contributed by atoms with E-state index < -0.39 is 0 Å². The predicted molar refractivity (Wildman–Crippen MR) is 73.0 cm³/mol. The van der Waals surface area contributed by atoms with Gasteiger partial charge in [-0.3, -0.25) is 4.79 Å². The van der Waals surface area contributed by atoms with Crippen LogP contribution in [0, 0.1) is 0 Å². The lowest BCUT2D eigenvalue weighted by atomic mass is 10.2. The molecule has 20 heavy (non-hydrogen) atoms. The number of nitrogens with zero attached hydrogens (tertiary/aromatic N) is 3. The van der Waals surface area contributed by atoms with Crippen molar-refractivity contribution in [3.8, 4) is 11.5 Å². The number of ether oxygens (including phenoxy) is 2. The number of carbonyl (C=O) groups excluding carboxylic acids is 1. The summed E-state index contributed by atoms with van der Waals surface area (Å²) >= 11 is 0. The summed E-state index contributed by atoms with van der Waals surface area (Å²) in [5.41, 5.74) is 0.457. The third-order valence-electron chi connectivity index (χ3n) is 2.78. The summed E-state index contributed by atoms with van der Waals surface area (Å²) in [5.74, 6) is 1.70. The third kappa shape index (κ3) is 2.96. The van der Waals surface area contributed by atoms with Gasteiger partial charge in [0.2, 0.25) is 0 Å². The average molecular weight is 275 g/mol. The fourth-order valence-electron chi connectivity index (χ4n) is 1.85. The van der Waals surface area contributed by atoms with E-state index in [1.54, 1.807) is 22.9 Å². The summed E-state index contributed by atoms with van der Waals surface area (Å²) in [6.07, 6.45) is 2.24. The minimum Gasteiger partial charge on any atom is -0.490 e. The highest BCUT2D eigenvalue weighted by atomic mass is 16.5. The van der Waals surface area contributed by atoms with Gasteiger partial charge in [-0.25, -0.2) is 9.67 Å². The molecular formula is C14H17N3O3. The van der Waals surface area contributed by atoms with Crippen molar-refractivity contribution < 1.29 is 14.3 Å². The van der Waals surface area contributed by atoms with E-state index in [4.69, 9.17) is 9.47 Å². The van der Waals surface area contributed by atoms with Crippen LogP contribution in [0.1, 0.15) is 30.0 Å². The van der Waals surface area contributed by atoms with E-state index >= 15 is 0 Å². The molecule has 2 rings (SSSR count). The van der Waals surface area contributed by atoms with E-state index in [1.807, 2.05) is 13.8 Å². The molecule has 0 amide bonds. The Bertz CT molecular complexity index is 581. The van der Waals surface area contributed by atoms with Crippen molar-refractivity contribution in [2.24, 2.45) is 0 Å². The summed E-state index contributed by atoms with van der Waals surface area (Å²) in [6.45, 7) is 5.31. The van der Waals surface area contributed by atoms with Gasteiger partial charge in [0.05, 0.1) is 12.2 Å². The zero-order valence-electron chi connectivity index (χ0n) is 11.6. The van der Waals surface area contributed by atoms with Crippen molar-refractivity contribution in [1.82, 2.24) is 14.8 Å². The number of aryl methyl sites for hydroxylation is 1. The number of aromatic nitrogens is 3. The highest BCUT2D eigenvalue weighted by Gasteiger charge is 2.12. The summed E-state index contributed by atoms with van der Waals surface area (Å²) in [4.78, 5) is 15.2. The zero-order valence-corrected chi connectivity index (χ0v) is 11.6. The fraction of sp³-hybridized carbons (Fsp3) is 0.357. The molecule has 6 heteroatoms. The topological polar surface area (TPSA) is 66.2 Å². The summed E-state index contributed by atoms with van der Waals surface area (Å²) in [5, 5.41) is 4.07. The van der Waals surface area contributed by atoms with E-state index in [1.165, 1.54) is 6.33 Å². The molecule has 106 valence electrons. The number of rotatable bonds is 7. The van der Waals surface area contributed by atoms with Crippen LogP contribution in [0.3, 0.4) is 0 Å². The van der Waals surface area contributed by atoms with Crippen molar-refractivity contribution in [2.45, 2.75) is 27.0 Å². The Kier molecular flexibility index (Phi) is 4.70. The standard InChI is InChI=1S/C14H17N3O3/c1-3-17-13(15-10-16-17)9-20-14-11(8-18)6-5-7-12(14)19-4-2/h5-8,10H,3-4,9H2,1-2H3. The van der Waals surface area contributed by atoms with Gasteiger partial charge in [-0.05, 0) is 26.0 Å². The number of hydrogen-bond donors (Lipinski definition) is 0. The van der Waals surface area contributed by atoms with E-state index in [0.717, 1.165) is 6.29 Å². The normalized spacial score (nSPS) is 10.3. The molecule has 0 N–H and O–H groups in total. The van der Waals surface area contributed by atoms with Gasteiger partial charge in [0.25, 0.3) is 0 Å². The molecular weight excluding hydrogens is 258 g/mol. The third-order valence-corrected chi connectivity index (χ3v) is 2.78. The molecule has 1 aromatic heterocycles. The van der Waals surface area contributed by atoms with Gasteiger partial charge in [-0.2, -0.15) is 5.10 Å². The van der Waals surface area contributed by atoms with Crippen molar-refractivity contribution in [2.75, 3.05) is 6.61 Å². The molecule has 1 heterocycles. The van der Waals surface area contributed by atoms with Gasteiger partial charge in [0.1, 0.15) is 12.9 Å². The lowest BCUT2D eigenvalue weighted by molar-refractivity contribution is 0.111. The molecule has 0 unspecified atom stereocenters. The summed E-state index contributed by atoms with van der Waals surface area (Å²) < 4.78 is 12.9. The quantitative estimate of drug-likeness (QED) is 0.724. The van der Waals surface area contributed by atoms with Crippen LogP contribution < -0.4 is 9.47 Å².